The summed E-state index contributed by atoms with van der Waals surface area (Å²) in [5, 5.41) is 0.931. The fourth-order valence-electron chi connectivity index (χ4n) is 2.78. The number of fused-ring (bicyclic) bond motifs is 1. The second-order valence-corrected chi connectivity index (χ2v) is 5.35. The normalized spacial score (nSPS) is 10.8. The molecule has 0 aliphatic carbocycles. The molecule has 0 amide bonds. The third kappa shape index (κ3) is 2.32. The number of anilines is 1. The molecular weight excluding hydrogens is 282 g/mol. The first kappa shape index (κ1) is 13.5. The molecule has 0 atom stereocenters. The van der Waals surface area contributed by atoms with E-state index in [2.05, 4.69) is 4.98 Å². The summed E-state index contributed by atoms with van der Waals surface area (Å²) in [5.74, 6) is 0. The van der Waals surface area contributed by atoms with Crippen molar-refractivity contribution in [1.82, 2.24) is 9.97 Å². The van der Waals surface area contributed by atoms with E-state index in [-0.39, 0.29) is 0 Å². The third-order valence-electron chi connectivity index (χ3n) is 3.90. The van der Waals surface area contributed by atoms with E-state index in [1.165, 1.54) is 0 Å². The Hall–Kier alpha value is -3.20. The van der Waals surface area contributed by atoms with E-state index in [1.807, 2.05) is 72.8 Å². The molecule has 0 radical (unpaired) electrons. The molecule has 0 saturated heterocycles. The lowest BCUT2D eigenvalue weighted by molar-refractivity contribution is 1.31. The van der Waals surface area contributed by atoms with Gasteiger partial charge in [0.2, 0.25) is 0 Å². The first-order valence-electron chi connectivity index (χ1n) is 7.49. The molecule has 0 fully saturated rings. The second-order valence-electron chi connectivity index (χ2n) is 5.35. The molecule has 2 heterocycles. The van der Waals surface area contributed by atoms with Gasteiger partial charge in [-0.15, -0.1) is 0 Å². The van der Waals surface area contributed by atoms with Gasteiger partial charge in [-0.2, -0.15) is 0 Å². The maximum absolute atomic E-state index is 6.40. The minimum atomic E-state index is 0.666. The number of aromatic nitrogens is 2. The van der Waals surface area contributed by atoms with Crippen LogP contribution >= 0.6 is 0 Å². The van der Waals surface area contributed by atoms with Gasteiger partial charge in [0.15, 0.2) is 0 Å². The molecule has 0 aliphatic heterocycles. The number of nitrogen functional groups attached to an aromatic ring is 1. The zero-order valence-corrected chi connectivity index (χ0v) is 12.5. The summed E-state index contributed by atoms with van der Waals surface area (Å²) in [4.78, 5) is 9.36. The maximum atomic E-state index is 6.40. The summed E-state index contributed by atoms with van der Waals surface area (Å²) in [6.07, 6.45) is 1.78. The molecule has 2 aromatic heterocycles. The summed E-state index contributed by atoms with van der Waals surface area (Å²) < 4.78 is 0. The predicted octanol–water partition coefficient (Wildman–Crippen LogP) is 4.55. The highest BCUT2D eigenvalue weighted by Gasteiger charge is 2.14. The van der Waals surface area contributed by atoms with Gasteiger partial charge in [0.1, 0.15) is 0 Å². The molecule has 0 saturated carbocycles. The topological polar surface area (TPSA) is 51.8 Å². The van der Waals surface area contributed by atoms with Crippen molar-refractivity contribution in [3.8, 4) is 22.5 Å². The molecule has 2 aromatic carbocycles. The summed E-state index contributed by atoms with van der Waals surface area (Å²) in [6.45, 7) is 0. The molecule has 4 rings (SSSR count). The largest absolute Gasteiger partial charge is 0.396 e. The number of hydrogen-bond acceptors (Lipinski definition) is 3. The highest BCUT2D eigenvalue weighted by atomic mass is 14.8. The van der Waals surface area contributed by atoms with Gasteiger partial charge in [0.05, 0.1) is 22.6 Å². The van der Waals surface area contributed by atoms with Crippen LogP contribution in [0.2, 0.25) is 0 Å². The first-order chi connectivity index (χ1) is 11.3. The lowest BCUT2D eigenvalue weighted by Crippen LogP contribution is -1.99. The second kappa shape index (κ2) is 5.54. The predicted molar refractivity (Wildman–Crippen MR) is 94.8 cm³/mol. The summed E-state index contributed by atoms with van der Waals surface area (Å²) in [5.41, 5.74) is 11.6. The molecule has 0 spiro atoms. The number of pyridine rings is 2. The Morgan fingerprint density at radius 3 is 1.91 bits per heavy atom. The van der Waals surface area contributed by atoms with Crippen LogP contribution in [-0.4, -0.2) is 9.97 Å². The van der Waals surface area contributed by atoms with Crippen molar-refractivity contribution >= 4 is 16.6 Å². The Labute approximate surface area is 134 Å². The Bertz CT molecular complexity index is 964. The van der Waals surface area contributed by atoms with Crippen LogP contribution < -0.4 is 5.73 Å². The Morgan fingerprint density at radius 2 is 1.26 bits per heavy atom. The number of nitrogens with two attached hydrogens (primary N) is 1. The summed E-state index contributed by atoms with van der Waals surface area (Å²) in [6, 6.07) is 24.0. The van der Waals surface area contributed by atoms with Crippen LogP contribution in [0, 0.1) is 0 Å². The van der Waals surface area contributed by atoms with Gasteiger partial charge in [-0.1, -0.05) is 60.7 Å². The molecular formula is C20H15N3. The fourth-order valence-corrected chi connectivity index (χ4v) is 2.78. The Balaban J connectivity index is 2.08. The quantitative estimate of drug-likeness (QED) is 0.590. The summed E-state index contributed by atoms with van der Waals surface area (Å²) >= 11 is 0. The van der Waals surface area contributed by atoms with E-state index in [0.717, 1.165) is 33.4 Å². The Kier molecular flexibility index (Phi) is 3.24. The molecule has 3 nitrogen and oxygen atoms in total. The van der Waals surface area contributed by atoms with Crippen molar-refractivity contribution in [3.05, 3.63) is 79.0 Å². The van der Waals surface area contributed by atoms with Crippen molar-refractivity contribution < 1.29 is 0 Å². The third-order valence-corrected chi connectivity index (χ3v) is 3.90. The minimum absolute atomic E-state index is 0.666. The smallest absolute Gasteiger partial charge is 0.0986 e. The van der Waals surface area contributed by atoms with Crippen LogP contribution in [-0.2, 0) is 0 Å². The Morgan fingerprint density at radius 1 is 0.652 bits per heavy atom. The number of nitrogens with zero attached hydrogens (tertiary/aromatic N) is 2. The molecule has 110 valence electrons. The highest BCUT2D eigenvalue weighted by Crippen LogP contribution is 2.35. The van der Waals surface area contributed by atoms with Gasteiger partial charge < -0.3 is 5.73 Å². The van der Waals surface area contributed by atoms with Crippen molar-refractivity contribution in [2.24, 2.45) is 0 Å². The van der Waals surface area contributed by atoms with E-state index >= 15 is 0 Å². The van der Waals surface area contributed by atoms with E-state index < -0.39 is 0 Å². The van der Waals surface area contributed by atoms with Crippen molar-refractivity contribution in [2.75, 3.05) is 5.73 Å². The zero-order valence-electron chi connectivity index (χ0n) is 12.5. The zero-order chi connectivity index (χ0) is 15.6. The SMILES string of the molecule is Nc1c(-c2ccccc2)nc(-c2ccccc2)c2ncccc12. The molecule has 4 aromatic rings. The lowest BCUT2D eigenvalue weighted by Gasteiger charge is -2.12. The number of hydrogen-bond donors (Lipinski definition) is 1. The van der Waals surface area contributed by atoms with E-state index in [1.54, 1.807) is 6.20 Å². The molecule has 3 heteroatoms. The van der Waals surface area contributed by atoms with Crippen LogP contribution in [0.15, 0.2) is 79.0 Å². The van der Waals surface area contributed by atoms with Gasteiger partial charge in [0, 0.05) is 22.7 Å². The van der Waals surface area contributed by atoms with Gasteiger partial charge in [-0.3, -0.25) is 4.98 Å². The maximum Gasteiger partial charge on any atom is 0.0986 e. The first-order valence-corrected chi connectivity index (χ1v) is 7.49. The average Bonchev–Trinajstić information content (AvgIpc) is 2.64. The lowest BCUT2D eigenvalue weighted by atomic mass is 10.0. The molecule has 0 bridgehead atoms. The average molecular weight is 297 g/mol. The van der Waals surface area contributed by atoms with Crippen LogP contribution in [0.3, 0.4) is 0 Å². The van der Waals surface area contributed by atoms with Gasteiger partial charge in [-0.25, -0.2) is 4.98 Å². The van der Waals surface area contributed by atoms with E-state index in [4.69, 9.17) is 10.7 Å². The molecule has 0 aliphatic rings. The van der Waals surface area contributed by atoms with Crippen LogP contribution in [0.5, 0.6) is 0 Å². The molecule has 0 unspecified atom stereocenters. The fraction of sp³-hybridized carbons (Fsp3) is 0. The van der Waals surface area contributed by atoms with Crippen molar-refractivity contribution in [1.29, 1.82) is 0 Å². The minimum Gasteiger partial charge on any atom is -0.396 e. The molecule has 23 heavy (non-hydrogen) atoms. The van der Waals surface area contributed by atoms with Crippen LogP contribution in [0.25, 0.3) is 33.4 Å². The number of rotatable bonds is 2. The van der Waals surface area contributed by atoms with E-state index in [9.17, 15) is 0 Å². The molecule has 2 N–H and O–H groups in total. The van der Waals surface area contributed by atoms with Crippen molar-refractivity contribution in [2.45, 2.75) is 0 Å². The van der Waals surface area contributed by atoms with Crippen LogP contribution in [0.4, 0.5) is 5.69 Å². The monoisotopic (exact) mass is 297 g/mol. The van der Waals surface area contributed by atoms with E-state index in [0.29, 0.717) is 5.69 Å². The summed E-state index contributed by atoms with van der Waals surface area (Å²) in [7, 11) is 0. The van der Waals surface area contributed by atoms with Gasteiger partial charge in [-0.05, 0) is 12.1 Å². The highest BCUT2D eigenvalue weighted by molar-refractivity contribution is 6.03. The standard InChI is InChI=1S/C20H15N3/c21-17-16-12-7-13-22-20(16)19(15-10-5-2-6-11-15)23-18(17)14-8-3-1-4-9-14/h1-13H,21H2. The van der Waals surface area contributed by atoms with Crippen LogP contribution in [0.1, 0.15) is 0 Å². The van der Waals surface area contributed by atoms with Crippen molar-refractivity contribution in [3.63, 3.8) is 0 Å². The van der Waals surface area contributed by atoms with Gasteiger partial charge >= 0.3 is 0 Å². The number of benzene rings is 2. The van der Waals surface area contributed by atoms with Gasteiger partial charge in [0.25, 0.3) is 0 Å².